The SMILES string of the molecule is CC1CCCN(C(=O)C2CCN(C(=O)Cc3ccccc3F)CC2)C1. The molecule has 0 aliphatic carbocycles. The lowest BCUT2D eigenvalue weighted by Crippen LogP contribution is -2.47. The molecule has 3 rings (SSSR count). The van der Waals surface area contributed by atoms with Gasteiger partial charge in [0.1, 0.15) is 5.82 Å². The van der Waals surface area contributed by atoms with Crippen molar-refractivity contribution in [2.45, 2.75) is 39.0 Å². The zero-order chi connectivity index (χ0) is 17.8. The second-order valence-corrected chi connectivity index (χ2v) is 7.45. The minimum Gasteiger partial charge on any atom is -0.342 e. The second-order valence-electron chi connectivity index (χ2n) is 7.45. The molecule has 0 N–H and O–H groups in total. The number of amides is 2. The summed E-state index contributed by atoms with van der Waals surface area (Å²) in [7, 11) is 0. The molecule has 1 atom stereocenters. The lowest BCUT2D eigenvalue weighted by molar-refractivity contribution is -0.141. The van der Waals surface area contributed by atoms with Crippen molar-refractivity contribution in [3.8, 4) is 0 Å². The number of piperidine rings is 2. The molecule has 5 heteroatoms. The van der Waals surface area contributed by atoms with E-state index in [1.807, 2.05) is 4.90 Å². The Bertz CT molecular complexity index is 626. The molecule has 1 aromatic carbocycles. The number of benzene rings is 1. The fraction of sp³-hybridized carbons (Fsp3) is 0.600. The van der Waals surface area contributed by atoms with E-state index in [0.717, 1.165) is 19.5 Å². The highest BCUT2D eigenvalue weighted by atomic mass is 19.1. The van der Waals surface area contributed by atoms with E-state index >= 15 is 0 Å². The van der Waals surface area contributed by atoms with Crippen molar-refractivity contribution < 1.29 is 14.0 Å². The first-order chi connectivity index (χ1) is 12.0. The van der Waals surface area contributed by atoms with Gasteiger partial charge in [0, 0.05) is 32.1 Å². The molecule has 136 valence electrons. The van der Waals surface area contributed by atoms with Crippen LogP contribution >= 0.6 is 0 Å². The van der Waals surface area contributed by atoms with Gasteiger partial charge in [0.05, 0.1) is 6.42 Å². The van der Waals surface area contributed by atoms with Gasteiger partial charge in [-0.25, -0.2) is 4.39 Å². The summed E-state index contributed by atoms with van der Waals surface area (Å²) in [4.78, 5) is 28.9. The molecule has 0 spiro atoms. The van der Waals surface area contributed by atoms with E-state index in [9.17, 15) is 14.0 Å². The minimum atomic E-state index is -0.333. The number of likely N-dealkylation sites (tertiary alicyclic amines) is 2. The van der Waals surface area contributed by atoms with Crippen LogP contribution in [0.1, 0.15) is 38.2 Å². The third-order valence-electron chi connectivity index (χ3n) is 5.47. The molecule has 0 aromatic heterocycles. The van der Waals surface area contributed by atoms with E-state index in [0.29, 0.717) is 37.4 Å². The Labute approximate surface area is 149 Å². The van der Waals surface area contributed by atoms with Crippen LogP contribution < -0.4 is 0 Å². The first kappa shape index (κ1) is 17.9. The van der Waals surface area contributed by atoms with Crippen LogP contribution in [0.15, 0.2) is 24.3 Å². The summed E-state index contributed by atoms with van der Waals surface area (Å²) < 4.78 is 13.7. The molecule has 25 heavy (non-hydrogen) atoms. The van der Waals surface area contributed by atoms with Crippen molar-refractivity contribution in [2.24, 2.45) is 11.8 Å². The first-order valence-electron chi connectivity index (χ1n) is 9.34. The van der Waals surface area contributed by atoms with Gasteiger partial charge < -0.3 is 9.80 Å². The van der Waals surface area contributed by atoms with Gasteiger partial charge in [0.2, 0.25) is 11.8 Å². The van der Waals surface area contributed by atoms with E-state index in [1.165, 1.54) is 12.5 Å². The molecule has 2 aliphatic heterocycles. The highest BCUT2D eigenvalue weighted by molar-refractivity contribution is 5.81. The van der Waals surface area contributed by atoms with Crippen LogP contribution in [-0.2, 0) is 16.0 Å². The lowest BCUT2D eigenvalue weighted by Gasteiger charge is -2.37. The molecular formula is C20H27FN2O2. The van der Waals surface area contributed by atoms with Crippen molar-refractivity contribution in [2.75, 3.05) is 26.2 Å². The maximum atomic E-state index is 13.7. The zero-order valence-electron chi connectivity index (χ0n) is 14.9. The van der Waals surface area contributed by atoms with Gasteiger partial charge in [-0.15, -0.1) is 0 Å². The zero-order valence-corrected chi connectivity index (χ0v) is 14.9. The largest absolute Gasteiger partial charge is 0.342 e. The lowest BCUT2D eigenvalue weighted by atomic mass is 9.92. The summed E-state index contributed by atoms with van der Waals surface area (Å²) in [6.45, 7) is 5.12. The van der Waals surface area contributed by atoms with Gasteiger partial charge in [-0.1, -0.05) is 25.1 Å². The van der Waals surface area contributed by atoms with Gasteiger partial charge in [-0.05, 0) is 43.2 Å². The van der Waals surface area contributed by atoms with Crippen LogP contribution in [0.3, 0.4) is 0 Å². The molecule has 4 nitrogen and oxygen atoms in total. The molecule has 2 saturated heterocycles. The number of hydrogen-bond acceptors (Lipinski definition) is 2. The highest BCUT2D eigenvalue weighted by Crippen LogP contribution is 2.24. The molecule has 0 bridgehead atoms. The molecule has 2 fully saturated rings. The van der Waals surface area contributed by atoms with E-state index in [1.54, 1.807) is 23.1 Å². The predicted molar refractivity (Wildman–Crippen MR) is 94.4 cm³/mol. The van der Waals surface area contributed by atoms with Crippen molar-refractivity contribution in [3.63, 3.8) is 0 Å². The topological polar surface area (TPSA) is 40.6 Å². The fourth-order valence-electron chi connectivity index (χ4n) is 3.94. The molecule has 2 aliphatic rings. The maximum Gasteiger partial charge on any atom is 0.227 e. The summed E-state index contributed by atoms with van der Waals surface area (Å²) in [5.74, 6) is 0.485. The molecule has 1 aromatic rings. The van der Waals surface area contributed by atoms with Gasteiger partial charge >= 0.3 is 0 Å². The van der Waals surface area contributed by atoms with Crippen LogP contribution in [0.4, 0.5) is 4.39 Å². The summed E-state index contributed by atoms with van der Waals surface area (Å²) in [6.07, 6.45) is 3.81. The van der Waals surface area contributed by atoms with Crippen molar-refractivity contribution in [3.05, 3.63) is 35.6 Å². The summed E-state index contributed by atoms with van der Waals surface area (Å²) in [5.41, 5.74) is 0.438. The van der Waals surface area contributed by atoms with E-state index in [2.05, 4.69) is 6.92 Å². The van der Waals surface area contributed by atoms with Crippen LogP contribution in [0.2, 0.25) is 0 Å². The Morgan fingerprint density at radius 1 is 1.08 bits per heavy atom. The van der Waals surface area contributed by atoms with E-state index in [4.69, 9.17) is 0 Å². The van der Waals surface area contributed by atoms with E-state index in [-0.39, 0.29) is 30.0 Å². The fourth-order valence-corrected chi connectivity index (χ4v) is 3.94. The molecule has 2 amide bonds. The van der Waals surface area contributed by atoms with Crippen molar-refractivity contribution in [1.29, 1.82) is 0 Å². The Morgan fingerprint density at radius 3 is 2.48 bits per heavy atom. The number of halogens is 1. The molecule has 0 saturated carbocycles. The molecule has 1 unspecified atom stereocenters. The number of rotatable bonds is 3. The highest BCUT2D eigenvalue weighted by Gasteiger charge is 2.31. The standard InChI is InChI=1S/C20H27FN2O2/c1-15-5-4-10-23(14-15)20(25)16-8-11-22(12-9-16)19(24)13-17-6-2-3-7-18(17)21/h2-3,6-7,15-16H,4-5,8-14H2,1H3. The van der Waals surface area contributed by atoms with Gasteiger partial charge in [-0.3, -0.25) is 9.59 Å². The molecule has 2 heterocycles. The summed E-state index contributed by atoms with van der Waals surface area (Å²) >= 11 is 0. The molecule has 0 radical (unpaired) electrons. The average molecular weight is 346 g/mol. The Morgan fingerprint density at radius 2 is 1.80 bits per heavy atom. The monoisotopic (exact) mass is 346 g/mol. The van der Waals surface area contributed by atoms with Crippen molar-refractivity contribution in [1.82, 2.24) is 9.80 Å². The van der Waals surface area contributed by atoms with Crippen LogP contribution in [0.5, 0.6) is 0 Å². The van der Waals surface area contributed by atoms with Crippen LogP contribution in [0, 0.1) is 17.7 Å². The maximum absolute atomic E-state index is 13.7. The van der Waals surface area contributed by atoms with Gasteiger partial charge in [0.25, 0.3) is 0 Å². The number of hydrogen-bond donors (Lipinski definition) is 0. The smallest absolute Gasteiger partial charge is 0.227 e. The quantitative estimate of drug-likeness (QED) is 0.844. The van der Waals surface area contributed by atoms with E-state index < -0.39 is 0 Å². The van der Waals surface area contributed by atoms with Crippen LogP contribution in [0.25, 0.3) is 0 Å². The normalized spacial score (nSPS) is 22.1. The Hall–Kier alpha value is -1.91. The number of carbonyl (C=O) groups is 2. The second kappa shape index (κ2) is 7.98. The van der Waals surface area contributed by atoms with Crippen molar-refractivity contribution >= 4 is 11.8 Å². The van der Waals surface area contributed by atoms with Gasteiger partial charge in [-0.2, -0.15) is 0 Å². The third-order valence-corrected chi connectivity index (χ3v) is 5.47. The van der Waals surface area contributed by atoms with Crippen LogP contribution in [-0.4, -0.2) is 47.8 Å². The number of carbonyl (C=O) groups excluding carboxylic acids is 2. The average Bonchev–Trinajstić information content (AvgIpc) is 2.63. The molecular weight excluding hydrogens is 319 g/mol. The third kappa shape index (κ3) is 4.39. The first-order valence-corrected chi connectivity index (χ1v) is 9.34. The Kier molecular flexibility index (Phi) is 5.71. The predicted octanol–water partition coefficient (Wildman–Crippen LogP) is 2.87. The van der Waals surface area contributed by atoms with Gasteiger partial charge in [0.15, 0.2) is 0 Å². The summed E-state index contributed by atoms with van der Waals surface area (Å²) in [5, 5.41) is 0. The Balaban J connectivity index is 1.50. The number of nitrogens with zero attached hydrogens (tertiary/aromatic N) is 2. The summed E-state index contributed by atoms with van der Waals surface area (Å²) in [6, 6.07) is 6.41. The minimum absolute atomic E-state index is 0.0304.